The highest BCUT2D eigenvalue weighted by molar-refractivity contribution is 5.20. The monoisotopic (exact) mass is 214 g/mol. The van der Waals surface area contributed by atoms with Crippen LogP contribution in [0.4, 0.5) is 0 Å². The van der Waals surface area contributed by atoms with E-state index in [1.807, 2.05) is 49.4 Å². The number of aryl methyl sites for hydroxylation is 2. The molecule has 0 amide bonds. The maximum atomic E-state index is 8.63. The molecule has 2 aromatic rings. The summed E-state index contributed by atoms with van der Waals surface area (Å²) in [6.07, 6.45) is 0. The Morgan fingerprint density at radius 2 is 1.25 bits per heavy atom. The first-order chi connectivity index (χ1) is 7.72. The molecule has 1 heteroatoms. The van der Waals surface area contributed by atoms with Crippen molar-refractivity contribution in [3.8, 4) is 0 Å². The summed E-state index contributed by atoms with van der Waals surface area (Å²) in [5.74, 6) is 0. The van der Waals surface area contributed by atoms with Crippen molar-refractivity contribution in [2.45, 2.75) is 20.5 Å². The molecule has 0 unspecified atom stereocenters. The standard InChI is InChI=1S/C8H10O.C7H8/c1-7-2-4-8(6-9)5-3-7;1-7-5-3-2-4-6-7/h2-5,9H,6H2,1H3;2-6H,1H3. The molecule has 0 heterocycles. The van der Waals surface area contributed by atoms with Crippen molar-refractivity contribution in [1.82, 2.24) is 0 Å². The highest BCUT2D eigenvalue weighted by Crippen LogP contribution is 2.01. The first kappa shape index (κ1) is 12.5. The summed E-state index contributed by atoms with van der Waals surface area (Å²) in [6, 6.07) is 18.1. The van der Waals surface area contributed by atoms with E-state index in [0.29, 0.717) is 0 Å². The van der Waals surface area contributed by atoms with Gasteiger partial charge in [-0.15, -0.1) is 0 Å². The van der Waals surface area contributed by atoms with Gasteiger partial charge in [-0.3, -0.25) is 0 Å². The van der Waals surface area contributed by atoms with E-state index in [4.69, 9.17) is 5.11 Å². The van der Waals surface area contributed by atoms with Gasteiger partial charge in [-0.25, -0.2) is 0 Å². The summed E-state index contributed by atoms with van der Waals surface area (Å²) in [4.78, 5) is 0. The second-order valence-electron chi connectivity index (χ2n) is 3.80. The molecule has 0 radical (unpaired) electrons. The van der Waals surface area contributed by atoms with Crippen molar-refractivity contribution in [3.63, 3.8) is 0 Å². The zero-order valence-corrected chi connectivity index (χ0v) is 9.85. The zero-order valence-electron chi connectivity index (χ0n) is 9.85. The molecule has 0 aliphatic carbocycles. The van der Waals surface area contributed by atoms with E-state index in [1.54, 1.807) is 0 Å². The number of aliphatic hydroxyl groups is 1. The van der Waals surface area contributed by atoms with Gasteiger partial charge in [0.2, 0.25) is 0 Å². The fourth-order valence-corrected chi connectivity index (χ4v) is 1.23. The second-order valence-corrected chi connectivity index (χ2v) is 3.80. The Morgan fingerprint density at radius 1 is 0.750 bits per heavy atom. The minimum Gasteiger partial charge on any atom is -0.392 e. The van der Waals surface area contributed by atoms with Crippen LogP contribution in [0, 0.1) is 13.8 Å². The average Bonchev–Trinajstić information content (AvgIpc) is 2.32. The van der Waals surface area contributed by atoms with Gasteiger partial charge in [-0.1, -0.05) is 65.7 Å². The second kappa shape index (κ2) is 6.81. The molecule has 0 aliphatic heterocycles. The van der Waals surface area contributed by atoms with Crippen molar-refractivity contribution in [2.75, 3.05) is 0 Å². The van der Waals surface area contributed by atoms with Crippen molar-refractivity contribution >= 4 is 0 Å². The number of hydrogen-bond acceptors (Lipinski definition) is 1. The fraction of sp³-hybridized carbons (Fsp3) is 0.200. The first-order valence-corrected chi connectivity index (χ1v) is 5.40. The van der Waals surface area contributed by atoms with Gasteiger partial charge in [-0.05, 0) is 19.4 Å². The lowest BCUT2D eigenvalue weighted by Crippen LogP contribution is -1.80. The van der Waals surface area contributed by atoms with Gasteiger partial charge >= 0.3 is 0 Å². The van der Waals surface area contributed by atoms with Gasteiger partial charge in [0.25, 0.3) is 0 Å². The van der Waals surface area contributed by atoms with Crippen LogP contribution in [0.2, 0.25) is 0 Å². The quantitative estimate of drug-likeness (QED) is 0.770. The minimum absolute atomic E-state index is 0.139. The Morgan fingerprint density at radius 3 is 1.62 bits per heavy atom. The summed E-state index contributed by atoms with van der Waals surface area (Å²) >= 11 is 0. The van der Waals surface area contributed by atoms with Crippen LogP contribution in [0.1, 0.15) is 16.7 Å². The number of hydrogen-bond donors (Lipinski definition) is 1. The van der Waals surface area contributed by atoms with E-state index in [0.717, 1.165) is 5.56 Å². The Labute approximate surface area is 97.4 Å². The van der Waals surface area contributed by atoms with Crippen LogP contribution in [0.5, 0.6) is 0 Å². The fourth-order valence-electron chi connectivity index (χ4n) is 1.23. The molecule has 0 spiro atoms. The molecule has 2 aromatic carbocycles. The Kier molecular flexibility index (Phi) is 5.30. The van der Waals surface area contributed by atoms with Crippen LogP contribution >= 0.6 is 0 Å². The summed E-state index contributed by atoms with van der Waals surface area (Å²) in [5.41, 5.74) is 3.52. The van der Waals surface area contributed by atoms with Crippen LogP contribution in [-0.4, -0.2) is 5.11 Å². The van der Waals surface area contributed by atoms with Crippen LogP contribution < -0.4 is 0 Å². The molecule has 84 valence electrons. The summed E-state index contributed by atoms with van der Waals surface area (Å²) in [7, 11) is 0. The third-order valence-electron chi connectivity index (χ3n) is 2.24. The smallest absolute Gasteiger partial charge is 0.0681 e. The van der Waals surface area contributed by atoms with Crippen LogP contribution in [0.15, 0.2) is 54.6 Å². The summed E-state index contributed by atoms with van der Waals surface area (Å²) in [5, 5.41) is 8.63. The zero-order chi connectivity index (χ0) is 11.8. The van der Waals surface area contributed by atoms with Crippen molar-refractivity contribution in [2.24, 2.45) is 0 Å². The average molecular weight is 214 g/mol. The Balaban J connectivity index is 0.000000165. The van der Waals surface area contributed by atoms with E-state index >= 15 is 0 Å². The van der Waals surface area contributed by atoms with Crippen molar-refractivity contribution < 1.29 is 5.11 Å². The van der Waals surface area contributed by atoms with E-state index in [-0.39, 0.29) is 6.61 Å². The molecule has 0 aromatic heterocycles. The van der Waals surface area contributed by atoms with Gasteiger partial charge < -0.3 is 5.11 Å². The predicted molar refractivity (Wildman–Crippen MR) is 68.3 cm³/mol. The Hall–Kier alpha value is -1.60. The van der Waals surface area contributed by atoms with Gasteiger partial charge in [0.15, 0.2) is 0 Å². The lowest BCUT2D eigenvalue weighted by molar-refractivity contribution is 0.282. The number of benzene rings is 2. The maximum absolute atomic E-state index is 8.63. The molecule has 1 nitrogen and oxygen atoms in total. The maximum Gasteiger partial charge on any atom is 0.0681 e. The largest absolute Gasteiger partial charge is 0.392 e. The SMILES string of the molecule is Cc1ccc(CO)cc1.Cc1ccccc1. The molecular formula is C15H18O. The van der Waals surface area contributed by atoms with Gasteiger partial charge in [0, 0.05) is 0 Å². The summed E-state index contributed by atoms with van der Waals surface area (Å²) in [6.45, 7) is 4.25. The molecule has 0 saturated heterocycles. The van der Waals surface area contributed by atoms with Gasteiger partial charge in [0.05, 0.1) is 6.61 Å². The normalized spacial score (nSPS) is 9.19. The lowest BCUT2D eigenvalue weighted by Gasteiger charge is -1.93. The van der Waals surface area contributed by atoms with Crippen molar-refractivity contribution in [3.05, 3.63) is 71.3 Å². The van der Waals surface area contributed by atoms with Gasteiger partial charge in [0.1, 0.15) is 0 Å². The molecule has 0 atom stereocenters. The topological polar surface area (TPSA) is 20.2 Å². The third kappa shape index (κ3) is 4.76. The predicted octanol–water partition coefficient (Wildman–Crippen LogP) is 3.48. The third-order valence-corrected chi connectivity index (χ3v) is 2.24. The highest BCUT2D eigenvalue weighted by Gasteiger charge is 1.85. The van der Waals surface area contributed by atoms with Crippen LogP contribution in [0.25, 0.3) is 0 Å². The molecule has 0 bridgehead atoms. The molecule has 0 saturated carbocycles. The van der Waals surface area contributed by atoms with Crippen molar-refractivity contribution in [1.29, 1.82) is 0 Å². The van der Waals surface area contributed by atoms with E-state index in [1.165, 1.54) is 11.1 Å². The molecular weight excluding hydrogens is 196 g/mol. The molecule has 16 heavy (non-hydrogen) atoms. The molecule has 1 N–H and O–H groups in total. The van der Waals surface area contributed by atoms with Gasteiger partial charge in [-0.2, -0.15) is 0 Å². The van der Waals surface area contributed by atoms with E-state index in [2.05, 4.69) is 19.1 Å². The molecule has 0 fully saturated rings. The number of rotatable bonds is 1. The Bertz CT molecular complexity index is 390. The minimum atomic E-state index is 0.139. The van der Waals surface area contributed by atoms with Crippen LogP contribution in [-0.2, 0) is 6.61 Å². The summed E-state index contributed by atoms with van der Waals surface area (Å²) < 4.78 is 0. The van der Waals surface area contributed by atoms with E-state index in [9.17, 15) is 0 Å². The van der Waals surface area contributed by atoms with Crippen LogP contribution in [0.3, 0.4) is 0 Å². The lowest BCUT2D eigenvalue weighted by atomic mass is 10.2. The highest BCUT2D eigenvalue weighted by atomic mass is 16.3. The first-order valence-electron chi connectivity index (χ1n) is 5.40. The van der Waals surface area contributed by atoms with E-state index < -0.39 is 0 Å². The molecule has 2 rings (SSSR count). The number of aliphatic hydroxyl groups excluding tert-OH is 1. The molecule has 0 aliphatic rings.